The van der Waals surface area contributed by atoms with Gasteiger partial charge in [0.05, 0.1) is 25.4 Å². The Labute approximate surface area is 219 Å². The van der Waals surface area contributed by atoms with Crippen molar-refractivity contribution in [3.05, 3.63) is 60.4 Å². The number of carbonyl (C=O) groups is 1. The summed E-state index contributed by atoms with van der Waals surface area (Å²) < 4.78 is 11.1. The molecule has 2 aliphatic rings. The van der Waals surface area contributed by atoms with Gasteiger partial charge in [-0.25, -0.2) is 5.06 Å². The van der Waals surface area contributed by atoms with Crippen molar-refractivity contribution in [1.29, 1.82) is 0 Å². The molecule has 2 heterocycles. The fourth-order valence-corrected chi connectivity index (χ4v) is 4.41. The van der Waals surface area contributed by atoms with Crippen LogP contribution < -0.4 is 0 Å². The molecule has 0 saturated carbocycles. The number of rotatable bonds is 14. The Morgan fingerprint density at radius 3 is 2.64 bits per heavy atom. The molecule has 0 bridgehead atoms. The van der Waals surface area contributed by atoms with Crippen molar-refractivity contribution < 1.29 is 24.6 Å². The Hall–Kier alpha value is -1.99. The molecule has 2 rings (SSSR count). The number of aliphatic hydroxyl groups is 1. The molecule has 204 valence electrons. The zero-order chi connectivity index (χ0) is 26.8. The van der Waals surface area contributed by atoms with Gasteiger partial charge in [-0.3, -0.25) is 10.0 Å². The van der Waals surface area contributed by atoms with Crippen LogP contribution in [0.1, 0.15) is 79.1 Å². The van der Waals surface area contributed by atoms with Crippen molar-refractivity contribution in [1.82, 2.24) is 5.06 Å². The van der Waals surface area contributed by atoms with Crippen LogP contribution in [0.25, 0.3) is 0 Å². The van der Waals surface area contributed by atoms with Gasteiger partial charge in [0.1, 0.15) is 6.73 Å². The van der Waals surface area contributed by atoms with Gasteiger partial charge in [0, 0.05) is 12.6 Å². The number of hydroxylamine groups is 2. The number of ether oxygens (including phenoxy) is 2. The Balaban J connectivity index is 0.000000420. The first-order valence-corrected chi connectivity index (χ1v) is 13.3. The molecular formula is C30H49NO5. The van der Waals surface area contributed by atoms with E-state index < -0.39 is 6.73 Å². The van der Waals surface area contributed by atoms with Crippen LogP contribution in [0.3, 0.4) is 0 Å². The van der Waals surface area contributed by atoms with E-state index in [1.165, 1.54) is 17.3 Å². The summed E-state index contributed by atoms with van der Waals surface area (Å²) in [5, 5.41) is 18.1. The molecule has 0 saturated heterocycles. The third-order valence-electron chi connectivity index (χ3n) is 6.31. The molecule has 6 heteroatoms. The molecule has 0 aromatic rings. The molecule has 0 aromatic carbocycles. The van der Waals surface area contributed by atoms with E-state index in [-0.39, 0.29) is 11.9 Å². The molecular weight excluding hydrogens is 454 g/mol. The average molecular weight is 504 g/mol. The number of allylic oxidation sites excluding steroid dienone is 3. The normalized spacial score (nSPS) is 21.6. The number of aliphatic hydroxyl groups excluding tert-OH is 1. The molecule has 0 radical (unpaired) electrons. The lowest BCUT2D eigenvalue weighted by Gasteiger charge is -2.23. The van der Waals surface area contributed by atoms with E-state index in [0.717, 1.165) is 51.6 Å². The van der Waals surface area contributed by atoms with Crippen LogP contribution in [0, 0.1) is 11.8 Å². The highest BCUT2D eigenvalue weighted by Crippen LogP contribution is 2.24. The molecule has 0 spiro atoms. The Bertz CT molecular complexity index is 754. The molecule has 0 fully saturated rings. The standard InChI is InChI=1S/C21H34O2.C9H15NO3/c1-5-9-20(22)15-18(3)11-8-10-17(2)14-19(4)16-21-12-6-7-13-23-21;1-8-3-5-13-9(6-8)2-4-10(12)7-11/h5-7,9,18-19,21H,2,8,10-16H2,1,3-4H3;2-4,9,11-12H,5-7H2,1H3/b9-5-;4-2+. The third-order valence-corrected chi connectivity index (χ3v) is 6.31. The summed E-state index contributed by atoms with van der Waals surface area (Å²) in [7, 11) is 0. The van der Waals surface area contributed by atoms with E-state index in [4.69, 9.17) is 19.8 Å². The van der Waals surface area contributed by atoms with E-state index in [9.17, 15) is 4.79 Å². The summed E-state index contributed by atoms with van der Waals surface area (Å²) in [6, 6.07) is 0. The molecule has 0 aromatic heterocycles. The van der Waals surface area contributed by atoms with Gasteiger partial charge in [-0.1, -0.05) is 55.9 Å². The highest BCUT2D eigenvalue weighted by atomic mass is 16.5. The monoisotopic (exact) mass is 503 g/mol. The Morgan fingerprint density at radius 1 is 1.22 bits per heavy atom. The van der Waals surface area contributed by atoms with Crippen LogP contribution in [0.15, 0.2) is 60.4 Å². The molecule has 0 aliphatic carbocycles. The number of hydrogen-bond donors (Lipinski definition) is 2. The second-order valence-corrected chi connectivity index (χ2v) is 10.2. The van der Waals surface area contributed by atoms with Gasteiger partial charge in [-0.05, 0) is 82.8 Å². The van der Waals surface area contributed by atoms with Gasteiger partial charge in [0.2, 0.25) is 0 Å². The largest absolute Gasteiger partial charge is 0.374 e. The van der Waals surface area contributed by atoms with Gasteiger partial charge in [-0.15, -0.1) is 0 Å². The van der Waals surface area contributed by atoms with Crippen LogP contribution in [0.5, 0.6) is 0 Å². The van der Waals surface area contributed by atoms with E-state index in [1.807, 2.05) is 26.0 Å². The second-order valence-electron chi connectivity index (χ2n) is 10.2. The first-order chi connectivity index (χ1) is 17.2. The zero-order valence-electron chi connectivity index (χ0n) is 22.9. The number of nitrogens with zero attached hydrogens (tertiary/aromatic N) is 1. The van der Waals surface area contributed by atoms with Gasteiger partial charge >= 0.3 is 0 Å². The lowest BCUT2D eigenvalue weighted by atomic mass is 9.91. The molecule has 6 nitrogen and oxygen atoms in total. The fourth-order valence-electron chi connectivity index (χ4n) is 4.41. The smallest absolute Gasteiger partial charge is 0.155 e. The van der Waals surface area contributed by atoms with Crippen LogP contribution in [-0.4, -0.2) is 53.3 Å². The molecule has 2 N–H and O–H groups in total. The second kappa shape index (κ2) is 19.2. The summed E-state index contributed by atoms with van der Waals surface area (Å²) in [6.45, 7) is 13.6. The minimum atomic E-state index is -0.405. The number of ketones is 1. The predicted octanol–water partition coefficient (Wildman–Crippen LogP) is 6.52. The van der Waals surface area contributed by atoms with Crippen LogP contribution in [0.2, 0.25) is 0 Å². The zero-order valence-corrected chi connectivity index (χ0v) is 22.9. The van der Waals surface area contributed by atoms with E-state index in [2.05, 4.69) is 32.6 Å². The SMILES string of the molecule is C=C(CCCC(C)CC(=O)/C=C\C)CC(C)CC1CC=CCO1.CC1=CCOC(/C=C/N(O)CO)C1. The maximum atomic E-state index is 11.6. The average Bonchev–Trinajstić information content (AvgIpc) is 2.83. The summed E-state index contributed by atoms with van der Waals surface area (Å²) in [5.74, 6) is 1.34. The minimum absolute atomic E-state index is 0.00574. The third kappa shape index (κ3) is 15.9. The summed E-state index contributed by atoms with van der Waals surface area (Å²) in [5.41, 5.74) is 2.63. The van der Waals surface area contributed by atoms with Crippen molar-refractivity contribution in [2.75, 3.05) is 19.9 Å². The maximum Gasteiger partial charge on any atom is 0.155 e. The van der Waals surface area contributed by atoms with E-state index >= 15 is 0 Å². The van der Waals surface area contributed by atoms with Crippen molar-refractivity contribution in [3.8, 4) is 0 Å². The van der Waals surface area contributed by atoms with Gasteiger partial charge in [-0.2, -0.15) is 0 Å². The van der Waals surface area contributed by atoms with E-state index in [1.54, 1.807) is 12.2 Å². The quantitative estimate of drug-likeness (QED) is 0.122. The van der Waals surface area contributed by atoms with Crippen molar-refractivity contribution >= 4 is 5.78 Å². The van der Waals surface area contributed by atoms with Crippen molar-refractivity contribution in [2.45, 2.75) is 91.3 Å². The number of hydrogen-bond acceptors (Lipinski definition) is 6. The molecule has 4 unspecified atom stereocenters. The Morgan fingerprint density at radius 2 is 2.00 bits per heavy atom. The first-order valence-electron chi connectivity index (χ1n) is 13.3. The summed E-state index contributed by atoms with van der Waals surface area (Å²) >= 11 is 0. The summed E-state index contributed by atoms with van der Waals surface area (Å²) in [6.07, 6.45) is 21.5. The lowest BCUT2D eigenvalue weighted by molar-refractivity contribution is -0.115. The maximum absolute atomic E-state index is 11.6. The topological polar surface area (TPSA) is 79.2 Å². The van der Waals surface area contributed by atoms with Gasteiger partial charge in [0.25, 0.3) is 0 Å². The predicted molar refractivity (Wildman–Crippen MR) is 146 cm³/mol. The fraction of sp³-hybridized carbons (Fsp3) is 0.633. The van der Waals surface area contributed by atoms with Crippen LogP contribution >= 0.6 is 0 Å². The van der Waals surface area contributed by atoms with E-state index in [0.29, 0.717) is 36.0 Å². The molecule has 2 aliphatic heterocycles. The number of carbonyl (C=O) groups excluding carboxylic acids is 1. The van der Waals surface area contributed by atoms with Crippen molar-refractivity contribution in [3.63, 3.8) is 0 Å². The molecule has 0 amide bonds. The van der Waals surface area contributed by atoms with Crippen LogP contribution in [-0.2, 0) is 14.3 Å². The van der Waals surface area contributed by atoms with Gasteiger partial charge in [0.15, 0.2) is 5.78 Å². The lowest BCUT2D eigenvalue weighted by Crippen LogP contribution is -2.19. The highest BCUT2D eigenvalue weighted by molar-refractivity contribution is 5.89. The Kier molecular flexibility index (Phi) is 17.1. The minimum Gasteiger partial charge on any atom is -0.374 e. The molecule has 4 atom stereocenters. The summed E-state index contributed by atoms with van der Waals surface area (Å²) in [4.78, 5) is 11.6. The highest BCUT2D eigenvalue weighted by Gasteiger charge is 2.15. The first kappa shape index (κ1) is 32.0. The van der Waals surface area contributed by atoms with Gasteiger partial charge < -0.3 is 14.6 Å². The van der Waals surface area contributed by atoms with Crippen LogP contribution in [0.4, 0.5) is 0 Å². The molecule has 36 heavy (non-hydrogen) atoms. The van der Waals surface area contributed by atoms with Crippen molar-refractivity contribution in [2.24, 2.45) is 11.8 Å².